The molecule has 0 unspecified atom stereocenters. The maximum atomic E-state index is 13.2. The van der Waals surface area contributed by atoms with Crippen LogP contribution in [0.15, 0.2) is 52.0 Å². The van der Waals surface area contributed by atoms with Crippen molar-refractivity contribution in [1.29, 1.82) is 0 Å². The SMILES string of the molecule is Cc1noc(C)c1CN1C(=O)/C(=N\c2cc(Cl)cc(Cl)c2)c2ccccc21. The molecule has 5 nitrogen and oxygen atoms in total. The molecule has 0 saturated heterocycles. The maximum Gasteiger partial charge on any atom is 0.277 e. The highest BCUT2D eigenvalue weighted by molar-refractivity contribution is 6.54. The molecule has 0 bridgehead atoms. The van der Waals surface area contributed by atoms with E-state index in [2.05, 4.69) is 10.1 Å². The molecule has 4 rings (SSSR count). The fraction of sp³-hybridized carbons (Fsp3) is 0.150. The predicted octanol–water partition coefficient (Wildman–Crippen LogP) is 5.27. The normalized spacial score (nSPS) is 14.9. The monoisotopic (exact) mass is 399 g/mol. The number of carbonyl (C=O) groups is 1. The number of hydrogen-bond acceptors (Lipinski definition) is 4. The second-order valence-corrected chi connectivity index (χ2v) is 7.17. The van der Waals surface area contributed by atoms with Crippen LogP contribution in [-0.4, -0.2) is 16.8 Å². The second-order valence-electron chi connectivity index (χ2n) is 6.30. The molecular weight excluding hydrogens is 385 g/mol. The van der Waals surface area contributed by atoms with E-state index in [1.807, 2.05) is 38.1 Å². The number of anilines is 1. The summed E-state index contributed by atoms with van der Waals surface area (Å²) in [5.41, 5.74) is 4.12. The van der Waals surface area contributed by atoms with E-state index in [-0.39, 0.29) is 5.91 Å². The van der Waals surface area contributed by atoms with Gasteiger partial charge < -0.3 is 9.42 Å². The molecule has 0 fully saturated rings. The summed E-state index contributed by atoms with van der Waals surface area (Å²) in [6, 6.07) is 12.5. The number of aryl methyl sites for hydroxylation is 2. The molecule has 1 aromatic heterocycles. The number of aliphatic imine (C=N–C) groups is 1. The van der Waals surface area contributed by atoms with Gasteiger partial charge in [-0.15, -0.1) is 0 Å². The van der Waals surface area contributed by atoms with Gasteiger partial charge in [0.1, 0.15) is 11.5 Å². The molecule has 136 valence electrons. The Morgan fingerprint density at radius 3 is 2.48 bits per heavy atom. The molecule has 2 heterocycles. The number of para-hydroxylation sites is 1. The Hall–Kier alpha value is -2.63. The van der Waals surface area contributed by atoms with E-state index < -0.39 is 0 Å². The Morgan fingerprint density at radius 2 is 1.81 bits per heavy atom. The average Bonchev–Trinajstić information content (AvgIpc) is 3.07. The molecule has 0 aliphatic carbocycles. The Balaban J connectivity index is 1.79. The molecule has 0 radical (unpaired) electrons. The first-order valence-corrected chi connectivity index (χ1v) is 9.07. The molecule has 1 amide bonds. The fourth-order valence-corrected chi connectivity index (χ4v) is 3.66. The molecule has 3 aromatic rings. The molecule has 0 spiro atoms. The number of aromatic nitrogens is 1. The van der Waals surface area contributed by atoms with Crippen LogP contribution < -0.4 is 4.90 Å². The average molecular weight is 400 g/mol. The topological polar surface area (TPSA) is 58.7 Å². The lowest BCUT2D eigenvalue weighted by Crippen LogP contribution is -2.29. The third-order valence-corrected chi connectivity index (χ3v) is 4.92. The maximum absolute atomic E-state index is 13.2. The molecule has 1 aliphatic heterocycles. The zero-order valence-electron chi connectivity index (χ0n) is 14.7. The van der Waals surface area contributed by atoms with Crippen LogP contribution >= 0.6 is 23.2 Å². The van der Waals surface area contributed by atoms with E-state index in [9.17, 15) is 4.79 Å². The Labute approximate surface area is 166 Å². The number of fused-ring (bicyclic) bond motifs is 1. The molecule has 27 heavy (non-hydrogen) atoms. The number of benzene rings is 2. The smallest absolute Gasteiger partial charge is 0.277 e. The van der Waals surface area contributed by atoms with Gasteiger partial charge >= 0.3 is 0 Å². The van der Waals surface area contributed by atoms with Gasteiger partial charge in [0, 0.05) is 21.2 Å². The third kappa shape index (κ3) is 3.24. The molecule has 0 N–H and O–H groups in total. The van der Waals surface area contributed by atoms with Crippen LogP contribution in [-0.2, 0) is 11.3 Å². The first-order chi connectivity index (χ1) is 12.9. The van der Waals surface area contributed by atoms with Crippen LogP contribution in [0.4, 0.5) is 11.4 Å². The van der Waals surface area contributed by atoms with Gasteiger partial charge in [0.05, 0.1) is 23.6 Å². The Kier molecular flexibility index (Phi) is 4.50. The number of nitrogens with zero attached hydrogens (tertiary/aromatic N) is 3. The Bertz CT molecular complexity index is 1050. The number of rotatable bonds is 3. The van der Waals surface area contributed by atoms with Crippen molar-refractivity contribution >= 4 is 46.2 Å². The van der Waals surface area contributed by atoms with Crippen molar-refractivity contribution in [2.45, 2.75) is 20.4 Å². The quantitative estimate of drug-likeness (QED) is 0.602. The predicted molar refractivity (Wildman–Crippen MR) is 106 cm³/mol. The standard InChI is InChI=1S/C20H15Cl2N3O2/c1-11-17(12(2)27-24-11)10-25-18-6-4-3-5-16(18)19(20(25)26)23-15-8-13(21)7-14(22)9-15/h3-9H,10H2,1-2H3/b23-19-. The van der Waals surface area contributed by atoms with E-state index in [4.69, 9.17) is 27.7 Å². The highest BCUT2D eigenvalue weighted by Gasteiger charge is 2.34. The van der Waals surface area contributed by atoms with Gasteiger partial charge in [-0.25, -0.2) is 4.99 Å². The van der Waals surface area contributed by atoms with Crippen LogP contribution in [0.3, 0.4) is 0 Å². The van der Waals surface area contributed by atoms with E-state index in [1.54, 1.807) is 23.1 Å². The zero-order chi connectivity index (χ0) is 19.1. The van der Waals surface area contributed by atoms with Crippen molar-refractivity contribution in [3.05, 3.63) is 75.1 Å². The third-order valence-electron chi connectivity index (χ3n) is 4.48. The minimum Gasteiger partial charge on any atom is -0.361 e. The van der Waals surface area contributed by atoms with Gasteiger partial charge in [-0.05, 0) is 38.1 Å². The lowest BCUT2D eigenvalue weighted by Gasteiger charge is -2.16. The van der Waals surface area contributed by atoms with Crippen molar-refractivity contribution < 1.29 is 9.32 Å². The summed E-state index contributed by atoms with van der Waals surface area (Å²) in [6.45, 7) is 4.07. The van der Waals surface area contributed by atoms with Crippen molar-refractivity contribution in [2.24, 2.45) is 4.99 Å². The molecular formula is C20H15Cl2N3O2. The number of halogens is 2. The summed E-state index contributed by atoms with van der Waals surface area (Å²) in [5.74, 6) is 0.511. The largest absolute Gasteiger partial charge is 0.361 e. The van der Waals surface area contributed by atoms with Gasteiger partial charge in [0.2, 0.25) is 0 Å². The van der Waals surface area contributed by atoms with Crippen LogP contribution in [0.5, 0.6) is 0 Å². The minimum absolute atomic E-state index is 0.188. The summed E-state index contributed by atoms with van der Waals surface area (Å²) < 4.78 is 5.23. The zero-order valence-corrected chi connectivity index (χ0v) is 16.2. The van der Waals surface area contributed by atoms with Crippen molar-refractivity contribution in [2.75, 3.05) is 4.90 Å². The highest BCUT2D eigenvalue weighted by Crippen LogP contribution is 2.34. The fourth-order valence-electron chi connectivity index (χ4n) is 3.15. The van der Waals surface area contributed by atoms with Gasteiger partial charge in [0.25, 0.3) is 5.91 Å². The molecule has 7 heteroatoms. The highest BCUT2D eigenvalue weighted by atomic mass is 35.5. The van der Waals surface area contributed by atoms with Gasteiger partial charge in [-0.1, -0.05) is 46.6 Å². The van der Waals surface area contributed by atoms with Crippen molar-refractivity contribution in [3.63, 3.8) is 0 Å². The van der Waals surface area contributed by atoms with Crippen LogP contribution in [0.2, 0.25) is 10.0 Å². The van der Waals surface area contributed by atoms with Crippen LogP contribution in [0, 0.1) is 13.8 Å². The van der Waals surface area contributed by atoms with E-state index in [0.717, 1.165) is 22.5 Å². The molecule has 1 aliphatic rings. The van der Waals surface area contributed by atoms with E-state index in [1.165, 1.54) is 0 Å². The van der Waals surface area contributed by atoms with Gasteiger partial charge in [-0.3, -0.25) is 4.79 Å². The number of hydrogen-bond donors (Lipinski definition) is 0. The van der Waals surface area contributed by atoms with E-state index in [0.29, 0.717) is 33.7 Å². The van der Waals surface area contributed by atoms with E-state index >= 15 is 0 Å². The second kappa shape index (κ2) is 6.83. The first-order valence-electron chi connectivity index (χ1n) is 8.32. The van der Waals surface area contributed by atoms with Crippen LogP contribution in [0.1, 0.15) is 22.6 Å². The van der Waals surface area contributed by atoms with Crippen LogP contribution in [0.25, 0.3) is 0 Å². The molecule has 0 atom stereocenters. The number of carbonyl (C=O) groups excluding carboxylic acids is 1. The lowest BCUT2D eigenvalue weighted by molar-refractivity contribution is -0.112. The molecule has 2 aromatic carbocycles. The van der Waals surface area contributed by atoms with Gasteiger partial charge in [0.15, 0.2) is 0 Å². The summed E-state index contributed by atoms with van der Waals surface area (Å²) in [5, 5.41) is 4.90. The first kappa shape index (κ1) is 17.8. The van der Waals surface area contributed by atoms with Crippen molar-refractivity contribution in [3.8, 4) is 0 Å². The Morgan fingerprint density at radius 1 is 1.11 bits per heavy atom. The summed E-state index contributed by atoms with van der Waals surface area (Å²) in [7, 11) is 0. The number of amides is 1. The summed E-state index contributed by atoms with van der Waals surface area (Å²) in [6.07, 6.45) is 0. The molecule has 0 saturated carbocycles. The minimum atomic E-state index is -0.188. The van der Waals surface area contributed by atoms with Crippen molar-refractivity contribution in [1.82, 2.24) is 5.16 Å². The summed E-state index contributed by atoms with van der Waals surface area (Å²) >= 11 is 12.1. The van der Waals surface area contributed by atoms with Gasteiger partial charge in [-0.2, -0.15) is 0 Å². The summed E-state index contributed by atoms with van der Waals surface area (Å²) in [4.78, 5) is 19.4. The lowest BCUT2D eigenvalue weighted by atomic mass is 10.1.